The highest BCUT2D eigenvalue weighted by Crippen LogP contribution is 2.17. The van der Waals surface area contributed by atoms with Gasteiger partial charge in [0, 0.05) is 32.7 Å². The first-order valence-electron chi connectivity index (χ1n) is 8.16. The van der Waals surface area contributed by atoms with Gasteiger partial charge < -0.3 is 15.7 Å². The molecule has 0 aliphatic carbocycles. The Morgan fingerprint density at radius 3 is 2.59 bits per heavy atom. The third-order valence-electron chi connectivity index (χ3n) is 4.26. The average molecular weight is 304 g/mol. The fourth-order valence-corrected chi connectivity index (χ4v) is 2.88. The van der Waals surface area contributed by atoms with Crippen LogP contribution in [0.15, 0.2) is 29.3 Å². The molecule has 0 radical (unpaired) electrons. The Labute approximate surface area is 133 Å². The second-order valence-electron chi connectivity index (χ2n) is 5.79. The standard InChI is InChI=1S/C17H28N4O/c1-3-21(4-2)17(18)19-11-14-7-5-6-8-15(14)12-20-10-9-16(22)13-20/h5-8,16,22H,3-4,9-13H2,1-2H3,(H2,18,19). The summed E-state index contributed by atoms with van der Waals surface area (Å²) in [5.74, 6) is 0.608. The number of hydrogen-bond donors (Lipinski definition) is 2. The average Bonchev–Trinajstić information content (AvgIpc) is 2.93. The molecule has 1 aromatic carbocycles. The molecule has 122 valence electrons. The molecular formula is C17H28N4O. The molecule has 1 heterocycles. The number of nitrogens with two attached hydrogens (primary N) is 1. The van der Waals surface area contributed by atoms with Gasteiger partial charge in [0.2, 0.25) is 0 Å². The highest BCUT2D eigenvalue weighted by molar-refractivity contribution is 5.78. The highest BCUT2D eigenvalue weighted by Gasteiger charge is 2.20. The van der Waals surface area contributed by atoms with Gasteiger partial charge in [0.1, 0.15) is 0 Å². The van der Waals surface area contributed by atoms with E-state index in [1.807, 2.05) is 6.07 Å². The summed E-state index contributed by atoms with van der Waals surface area (Å²) in [5.41, 5.74) is 8.53. The van der Waals surface area contributed by atoms with E-state index >= 15 is 0 Å². The van der Waals surface area contributed by atoms with Gasteiger partial charge in [0.05, 0.1) is 12.6 Å². The fourth-order valence-electron chi connectivity index (χ4n) is 2.88. The first kappa shape index (κ1) is 16.8. The Hall–Kier alpha value is -1.59. The lowest BCUT2D eigenvalue weighted by Crippen LogP contribution is -2.37. The van der Waals surface area contributed by atoms with Crippen LogP contribution in [0.4, 0.5) is 0 Å². The van der Waals surface area contributed by atoms with Crippen molar-refractivity contribution in [2.45, 2.75) is 39.5 Å². The topological polar surface area (TPSA) is 65.1 Å². The predicted molar refractivity (Wildman–Crippen MR) is 90.6 cm³/mol. The monoisotopic (exact) mass is 304 g/mol. The van der Waals surface area contributed by atoms with Crippen molar-refractivity contribution in [1.82, 2.24) is 9.80 Å². The van der Waals surface area contributed by atoms with Gasteiger partial charge in [0.25, 0.3) is 0 Å². The van der Waals surface area contributed by atoms with Crippen LogP contribution in [0.1, 0.15) is 31.4 Å². The Balaban J connectivity index is 2.03. The van der Waals surface area contributed by atoms with Gasteiger partial charge in [-0.25, -0.2) is 4.99 Å². The smallest absolute Gasteiger partial charge is 0.191 e. The lowest BCUT2D eigenvalue weighted by atomic mass is 10.1. The number of rotatable bonds is 6. The van der Waals surface area contributed by atoms with E-state index in [0.717, 1.165) is 39.1 Å². The maximum atomic E-state index is 9.65. The number of hydrogen-bond acceptors (Lipinski definition) is 3. The quantitative estimate of drug-likeness (QED) is 0.616. The molecule has 5 heteroatoms. The highest BCUT2D eigenvalue weighted by atomic mass is 16.3. The first-order chi connectivity index (χ1) is 10.6. The van der Waals surface area contributed by atoms with Gasteiger partial charge in [0.15, 0.2) is 5.96 Å². The molecule has 1 unspecified atom stereocenters. The van der Waals surface area contributed by atoms with E-state index in [4.69, 9.17) is 5.73 Å². The Kier molecular flexibility index (Phi) is 6.21. The van der Waals surface area contributed by atoms with Crippen LogP contribution in [0.3, 0.4) is 0 Å². The normalized spacial score (nSPS) is 19.6. The number of guanidine groups is 1. The van der Waals surface area contributed by atoms with Crippen LogP contribution in [-0.2, 0) is 13.1 Å². The second kappa shape index (κ2) is 8.15. The predicted octanol–water partition coefficient (Wildman–Crippen LogP) is 1.41. The minimum Gasteiger partial charge on any atom is -0.392 e. The third kappa shape index (κ3) is 4.45. The minimum absolute atomic E-state index is 0.177. The van der Waals surface area contributed by atoms with Crippen LogP contribution < -0.4 is 5.73 Å². The van der Waals surface area contributed by atoms with Crippen molar-refractivity contribution in [3.8, 4) is 0 Å². The maximum absolute atomic E-state index is 9.65. The lowest BCUT2D eigenvalue weighted by Gasteiger charge is -2.20. The van der Waals surface area contributed by atoms with Gasteiger partial charge in [-0.3, -0.25) is 4.90 Å². The van der Waals surface area contributed by atoms with E-state index < -0.39 is 0 Å². The molecule has 3 N–H and O–H groups in total. The molecule has 0 bridgehead atoms. The molecule has 0 spiro atoms. The first-order valence-corrected chi connectivity index (χ1v) is 8.16. The number of β-amino-alcohol motifs (C(OH)–C–C–N with tert-alkyl or cyclic N) is 1. The van der Waals surface area contributed by atoms with Crippen LogP contribution >= 0.6 is 0 Å². The zero-order valence-corrected chi connectivity index (χ0v) is 13.7. The minimum atomic E-state index is -0.177. The number of aliphatic hydroxyl groups is 1. The molecule has 0 amide bonds. The molecule has 1 fully saturated rings. The van der Waals surface area contributed by atoms with E-state index in [1.54, 1.807) is 0 Å². The van der Waals surface area contributed by atoms with E-state index in [9.17, 15) is 5.11 Å². The molecule has 1 aliphatic rings. The van der Waals surface area contributed by atoms with Crippen molar-refractivity contribution in [1.29, 1.82) is 0 Å². The second-order valence-corrected chi connectivity index (χ2v) is 5.79. The summed E-state index contributed by atoms with van der Waals surface area (Å²) >= 11 is 0. The Morgan fingerprint density at radius 2 is 2.00 bits per heavy atom. The summed E-state index contributed by atoms with van der Waals surface area (Å²) in [6.07, 6.45) is 0.693. The van der Waals surface area contributed by atoms with Gasteiger partial charge in [-0.1, -0.05) is 24.3 Å². The molecule has 22 heavy (non-hydrogen) atoms. The van der Waals surface area contributed by atoms with E-state index in [2.05, 4.69) is 46.8 Å². The van der Waals surface area contributed by atoms with Crippen molar-refractivity contribution in [2.75, 3.05) is 26.2 Å². The number of benzene rings is 1. The van der Waals surface area contributed by atoms with E-state index in [0.29, 0.717) is 12.5 Å². The van der Waals surface area contributed by atoms with E-state index in [-0.39, 0.29) is 6.10 Å². The van der Waals surface area contributed by atoms with Crippen LogP contribution in [0.5, 0.6) is 0 Å². The van der Waals surface area contributed by atoms with Gasteiger partial charge in [-0.2, -0.15) is 0 Å². The number of likely N-dealkylation sites (tertiary alicyclic amines) is 1. The molecular weight excluding hydrogens is 276 g/mol. The Bertz CT molecular complexity index is 499. The van der Waals surface area contributed by atoms with Gasteiger partial charge in [-0.05, 0) is 31.4 Å². The zero-order chi connectivity index (χ0) is 15.9. The molecule has 0 saturated carbocycles. The fraction of sp³-hybridized carbons (Fsp3) is 0.588. The number of nitrogens with zero attached hydrogens (tertiary/aromatic N) is 3. The van der Waals surface area contributed by atoms with Crippen LogP contribution in [0.2, 0.25) is 0 Å². The Morgan fingerprint density at radius 1 is 1.32 bits per heavy atom. The summed E-state index contributed by atoms with van der Waals surface area (Å²) in [4.78, 5) is 8.89. The molecule has 0 aromatic heterocycles. The van der Waals surface area contributed by atoms with Crippen LogP contribution in [-0.4, -0.2) is 53.1 Å². The maximum Gasteiger partial charge on any atom is 0.191 e. The third-order valence-corrected chi connectivity index (χ3v) is 4.26. The van der Waals surface area contributed by atoms with Crippen molar-refractivity contribution in [2.24, 2.45) is 10.7 Å². The summed E-state index contributed by atoms with van der Waals surface area (Å²) in [6.45, 7) is 9.11. The summed E-state index contributed by atoms with van der Waals surface area (Å²) in [6, 6.07) is 8.35. The summed E-state index contributed by atoms with van der Waals surface area (Å²) < 4.78 is 0. The summed E-state index contributed by atoms with van der Waals surface area (Å²) in [7, 11) is 0. The molecule has 1 aliphatic heterocycles. The van der Waals surface area contributed by atoms with Crippen molar-refractivity contribution >= 4 is 5.96 Å². The molecule has 1 saturated heterocycles. The van der Waals surface area contributed by atoms with Crippen molar-refractivity contribution in [3.05, 3.63) is 35.4 Å². The molecule has 1 atom stereocenters. The van der Waals surface area contributed by atoms with Gasteiger partial charge >= 0.3 is 0 Å². The largest absolute Gasteiger partial charge is 0.392 e. The van der Waals surface area contributed by atoms with Crippen LogP contribution in [0.25, 0.3) is 0 Å². The number of aliphatic hydroxyl groups excluding tert-OH is 1. The SMILES string of the molecule is CCN(CC)C(N)=NCc1ccccc1CN1CCC(O)C1. The number of aliphatic imine (C=N–C) groups is 1. The van der Waals surface area contributed by atoms with Crippen molar-refractivity contribution in [3.63, 3.8) is 0 Å². The zero-order valence-electron chi connectivity index (χ0n) is 13.7. The molecule has 2 rings (SSSR count). The molecule has 1 aromatic rings. The van der Waals surface area contributed by atoms with E-state index in [1.165, 1.54) is 11.1 Å². The lowest BCUT2D eigenvalue weighted by molar-refractivity contribution is 0.174. The van der Waals surface area contributed by atoms with Gasteiger partial charge in [-0.15, -0.1) is 0 Å². The van der Waals surface area contributed by atoms with Crippen LogP contribution in [0, 0.1) is 0 Å². The van der Waals surface area contributed by atoms with Crippen molar-refractivity contribution < 1.29 is 5.11 Å². The molecule has 5 nitrogen and oxygen atoms in total. The summed E-state index contributed by atoms with van der Waals surface area (Å²) in [5, 5.41) is 9.65.